The Kier molecular flexibility index (Phi) is 3.47. The molecule has 0 radical (unpaired) electrons. The van der Waals surface area contributed by atoms with Gasteiger partial charge in [-0.1, -0.05) is 0 Å². The van der Waals surface area contributed by atoms with Crippen LogP contribution in [-0.2, 0) is 0 Å². The third-order valence-electron chi connectivity index (χ3n) is 3.59. The normalized spacial score (nSPS) is 26.0. The van der Waals surface area contributed by atoms with Crippen molar-refractivity contribution >= 4 is 11.6 Å². The lowest BCUT2D eigenvalue weighted by atomic mass is 10.1. The molecule has 1 aromatic heterocycles. The van der Waals surface area contributed by atoms with Crippen molar-refractivity contribution < 1.29 is 0 Å². The van der Waals surface area contributed by atoms with Crippen molar-refractivity contribution in [2.45, 2.75) is 25.9 Å². The first-order valence-corrected chi connectivity index (χ1v) is 6.08. The maximum absolute atomic E-state index is 4.36. The number of nitrogens with zero attached hydrogens (tertiary/aromatic N) is 4. The molecule has 1 aromatic rings. The standard InChI is InChI=1S/C12H21N5/c1-9-6-17(7-10(2)16(9)4)12-5-11(13-3)14-8-15-12/h5,8-10H,6-7H2,1-4H3,(H,13,14,15). The van der Waals surface area contributed by atoms with Gasteiger partial charge in [0.25, 0.3) is 0 Å². The average molecular weight is 235 g/mol. The highest BCUT2D eigenvalue weighted by Gasteiger charge is 2.27. The van der Waals surface area contributed by atoms with Gasteiger partial charge in [-0.25, -0.2) is 9.97 Å². The minimum Gasteiger partial charge on any atom is -0.373 e. The SMILES string of the molecule is CNc1cc(N2CC(C)N(C)C(C)C2)ncn1. The van der Waals surface area contributed by atoms with Crippen LogP contribution < -0.4 is 10.2 Å². The van der Waals surface area contributed by atoms with Gasteiger partial charge in [0, 0.05) is 38.3 Å². The third-order valence-corrected chi connectivity index (χ3v) is 3.59. The predicted molar refractivity (Wildman–Crippen MR) is 70.5 cm³/mol. The summed E-state index contributed by atoms with van der Waals surface area (Å²) >= 11 is 0. The Morgan fingerprint density at radius 2 is 1.88 bits per heavy atom. The van der Waals surface area contributed by atoms with Crippen LogP contribution in [0, 0.1) is 0 Å². The Balaban J connectivity index is 2.16. The van der Waals surface area contributed by atoms with E-state index in [1.54, 1.807) is 6.33 Å². The number of rotatable bonds is 2. The van der Waals surface area contributed by atoms with Crippen LogP contribution in [0.15, 0.2) is 12.4 Å². The van der Waals surface area contributed by atoms with E-state index in [9.17, 15) is 0 Å². The lowest BCUT2D eigenvalue weighted by Gasteiger charge is -2.42. The summed E-state index contributed by atoms with van der Waals surface area (Å²) in [6.45, 7) is 6.54. The zero-order valence-corrected chi connectivity index (χ0v) is 11.0. The summed E-state index contributed by atoms with van der Waals surface area (Å²) in [5, 5.41) is 3.05. The molecule has 1 saturated heterocycles. The molecule has 2 heterocycles. The molecular weight excluding hydrogens is 214 g/mol. The average Bonchev–Trinajstić information content (AvgIpc) is 2.35. The van der Waals surface area contributed by atoms with Crippen LogP contribution in [0.3, 0.4) is 0 Å². The van der Waals surface area contributed by atoms with Crippen molar-refractivity contribution in [1.29, 1.82) is 0 Å². The number of hydrogen-bond acceptors (Lipinski definition) is 5. The quantitative estimate of drug-likeness (QED) is 0.830. The van der Waals surface area contributed by atoms with Gasteiger partial charge in [-0.2, -0.15) is 0 Å². The summed E-state index contributed by atoms with van der Waals surface area (Å²) in [4.78, 5) is 13.3. The van der Waals surface area contributed by atoms with Crippen molar-refractivity contribution in [2.24, 2.45) is 0 Å². The number of hydrogen-bond donors (Lipinski definition) is 1. The third kappa shape index (κ3) is 2.49. The van der Waals surface area contributed by atoms with E-state index in [4.69, 9.17) is 0 Å². The van der Waals surface area contributed by atoms with Crippen molar-refractivity contribution in [3.63, 3.8) is 0 Å². The van der Waals surface area contributed by atoms with E-state index in [1.807, 2.05) is 13.1 Å². The van der Waals surface area contributed by atoms with Crippen LogP contribution in [0.1, 0.15) is 13.8 Å². The minimum absolute atomic E-state index is 0.548. The molecule has 5 nitrogen and oxygen atoms in total. The predicted octanol–water partition coefficient (Wildman–Crippen LogP) is 1.05. The molecule has 0 spiro atoms. The summed E-state index contributed by atoms with van der Waals surface area (Å²) < 4.78 is 0. The fourth-order valence-corrected chi connectivity index (χ4v) is 2.25. The Hall–Kier alpha value is -1.36. The molecule has 5 heteroatoms. The second-order valence-corrected chi connectivity index (χ2v) is 4.78. The van der Waals surface area contributed by atoms with Crippen LogP contribution in [0.25, 0.3) is 0 Å². The van der Waals surface area contributed by atoms with Gasteiger partial charge in [0.1, 0.15) is 18.0 Å². The molecule has 17 heavy (non-hydrogen) atoms. The number of likely N-dealkylation sites (N-methyl/N-ethyl adjacent to an activating group) is 1. The molecule has 0 amide bonds. The van der Waals surface area contributed by atoms with E-state index in [-0.39, 0.29) is 0 Å². The molecule has 0 aliphatic carbocycles. The second kappa shape index (κ2) is 4.87. The molecule has 2 rings (SSSR count). The molecule has 1 aliphatic rings. The summed E-state index contributed by atoms with van der Waals surface area (Å²) in [6, 6.07) is 3.10. The topological polar surface area (TPSA) is 44.3 Å². The van der Waals surface area contributed by atoms with Gasteiger partial charge < -0.3 is 10.2 Å². The Morgan fingerprint density at radius 1 is 1.24 bits per heavy atom. The van der Waals surface area contributed by atoms with E-state index in [1.165, 1.54) is 0 Å². The van der Waals surface area contributed by atoms with Crippen LogP contribution in [0.5, 0.6) is 0 Å². The smallest absolute Gasteiger partial charge is 0.134 e. The zero-order chi connectivity index (χ0) is 12.4. The Labute approximate surface area is 103 Å². The first-order valence-electron chi connectivity index (χ1n) is 6.08. The molecule has 1 fully saturated rings. The lowest BCUT2D eigenvalue weighted by molar-refractivity contribution is 0.169. The largest absolute Gasteiger partial charge is 0.373 e. The minimum atomic E-state index is 0.548. The molecule has 0 bridgehead atoms. The molecule has 2 unspecified atom stereocenters. The van der Waals surface area contributed by atoms with Gasteiger partial charge in [0.05, 0.1) is 0 Å². The number of nitrogens with one attached hydrogen (secondary N) is 1. The summed E-state index contributed by atoms with van der Waals surface area (Å²) in [7, 11) is 4.06. The second-order valence-electron chi connectivity index (χ2n) is 4.78. The number of aromatic nitrogens is 2. The van der Waals surface area contributed by atoms with Gasteiger partial charge in [0.15, 0.2) is 0 Å². The van der Waals surface area contributed by atoms with Gasteiger partial charge in [0.2, 0.25) is 0 Å². The Bertz CT molecular complexity index is 369. The number of anilines is 2. The van der Waals surface area contributed by atoms with Gasteiger partial charge in [-0.15, -0.1) is 0 Å². The molecular formula is C12H21N5. The fourth-order valence-electron chi connectivity index (χ4n) is 2.25. The van der Waals surface area contributed by atoms with Crippen LogP contribution in [0.4, 0.5) is 11.6 Å². The van der Waals surface area contributed by atoms with Gasteiger partial charge in [-0.3, -0.25) is 4.90 Å². The Morgan fingerprint density at radius 3 is 2.47 bits per heavy atom. The van der Waals surface area contributed by atoms with E-state index < -0.39 is 0 Å². The molecule has 1 aliphatic heterocycles. The molecule has 2 atom stereocenters. The first-order chi connectivity index (χ1) is 8.11. The van der Waals surface area contributed by atoms with Crippen LogP contribution in [-0.4, -0.2) is 54.1 Å². The first kappa shape index (κ1) is 12.1. The molecule has 1 N–H and O–H groups in total. The van der Waals surface area contributed by atoms with E-state index in [2.05, 4.69) is 46.0 Å². The zero-order valence-electron chi connectivity index (χ0n) is 11.0. The van der Waals surface area contributed by atoms with Crippen molar-refractivity contribution in [1.82, 2.24) is 14.9 Å². The maximum Gasteiger partial charge on any atom is 0.134 e. The molecule has 94 valence electrons. The van der Waals surface area contributed by atoms with Crippen LogP contribution >= 0.6 is 0 Å². The molecule has 0 aromatic carbocycles. The van der Waals surface area contributed by atoms with Crippen molar-refractivity contribution in [3.05, 3.63) is 12.4 Å². The molecule has 0 saturated carbocycles. The van der Waals surface area contributed by atoms with Crippen molar-refractivity contribution in [3.8, 4) is 0 Å². The van der Waals surface area contributed by atoms with E-state index in [0.717, 1.165) is 24.7 Å². The fraction of sp³-hybridized carbons (Fsp3) is 0.667. The summed E-state index contributed by atoms with van der Waals surface area (Å²) in [6.07, 6.45) is 1.62. The highest BCUT2D eigenvalue weighted by molar-refractivity contribution is 5.48. The van der Waals surface area contributed by atoms with Gasteiger partial charge >= 0.3 is 0 Å². The summed E-state index contributed by atoms with van der Waals surface area (Å²) in [5.74, 6) is 1.88. The van der Waals surface area contributed by atoms with Crippen LogP contribution in [0.2, 0.25) is 0 Å². The van der Waals surface area contributed by atoms with Gasteiger partial charge in [-0.05, 0) is 20.9 Å². The monoisotopic (exact) mass is 235 g/mol. The number of piperazine rings is 1. The van der Waals surface area contributed by atoms with E-state index in [0.29, 0.717) is 12.1 Å². The highest BCUT2D eigenvalue weighted by atomic mass is 15.3. The maximum atomic E-state index is 4.36. The lowest BCUT2D eigenvalue weighted by Crippen LogP contribution is -2.55. The summed E-state index contributed by atoms with van der Waals surface area (Å²) in [5.41, 5.74) is 0. The van der Waals surface area contributed by atoms with Crippen molar-refractivity contribution in [2.75, 3.05) is 37.4 Å². The van der Waals surface area contributed by atoms with E-state index >= 15 is 0 Å². The highest BCUT2D eigenvalue weighted by Crippen LogP contribution is 2.20.